The number of nitro benzene ring substituents is 1. The molecule has 2 aromatic carbocycles. The van der Waals surface area contributed by atoms with Gasteiger partial charge in [-0.3, -0.25) is 24.6 Å². The van der Waals surface area contributed by atoms with Gasteiger partial charge < -0.3 is 15.4 Å². The molecule has 0 saturated carbocycles. The molecule has 0 aliphatic rings. The number of nitrogens with zero attached hydrogens (tertiary/aromatic N) is 2. The van der Waals surface area contributed by atoms with Gasteiger partial charge in [-0.25, -0.2) is 0 Å². The average molecular weight is 407 g/mol. The molecule has 0 saturated heterocycles. The number of likely N-dealkylation sites (N-methyl/N-ethyl adjacent to an activating group) is 1. The fourth-order valence-corrected chi connectivity index (χ4v) is 2.50. The number of benzene rings is 2. The van der Waals surface area contributed by atoms with E-state index in [4.69, 9.17) is 16.3 Å². The molecule has 2 rings (SSSR count). The van der Waals surface area contributed by atoms with E-state index in [0.29, 0.717) is 16.5 Å². The number of amides is 2. The summed E-state index contributed by atoms with van der Waals surface area (Å²) in [5, 5.41) is 16.7. The maximum Gasteiger partial charge on any atom is 0.271 e. The Balaban J connectivity index is 1.91. The summed E-state index contributed by atoms with van der Waals surface area (Å²) in [6, 6.07) is 10.5. The Morgan fingerprint density at radius 1 is 1.11 bits per heavy atom. The number of carbonyl (C=O) groups excluding carboxylic acids is 2. The van der Waals surface area contributed by atoms with Crippen molar-refractivity contribution >= 4 is 40.5 Å². The quantitative estimate of drug-likeness (QED) is 0.514. The maximum absolute atomic E-state index is 12.2. The minimum absolute atomic E-state index is 0.0257. The summed E-state index contributed by atoms with van der Waals surface area (Å²) in [4.78, 5) is 36.1. The molecule has 0 aromatic heterocycles. The van der Waals surface area contributed by atoms with Crippen molar-refractivity contribution < 1.29 is 19.2 Å². The van der Waals surface area contributed by atoms with Crippen LogP contribution in [0, 0.1) is 10.1 Å². The molecule has 0 atom stereocenters. The summed E-state index contributed by atoms with van der Waals surface area (Å²) < 4.78 is 5.10. The molecule has 0 aliphatic carbocycles. The molecule has 9 nitrogen and oxygen atoms in total. The molecule has 0 bridgehead atoms. The summed E-state index contributed by atoms with van der Waals surface area (Å²) in [6.45, 7) is -0.123. The van der Waals surface area contributed by atoms with Crippen LogP contribution in [0.2, 0.25) is 5.02 Å². The SMILES string of the molecule is COc1ccc([N+](=O)[O-])cc1NC(=O)CN(C)CC(=O)Nc1ccc(Cl)cc1. The number of nitrogens with one attached hydrogen (secondary N) is 2. The van der Waals surface area contributed by atoms with Crippen LogP contribution < -0.4 is 15.4 Å². The Labute approximate surface area is 166 Å². The van der Waals surface area contributed by atoms with Gasteiger partial charge >= 0.3 is 0 Å². The van der Waals surface area contributed by atoms with E-state index >= 15 is 0 Å². The van der Waals surface area contributed by atoms with Gasteiger partial charge in [0, 0.05) is 22.8 Å². The summed E-state index contributed by atoms with van der Waals surface area (Å²) in [5.41, 5.74) is 0.598. The Bertz CT molecular complexity index is 873. The van der Waals surface area contributed by atoms with Gasteiger partial charge in [0.15, 0.2) is 0 Å². The smallest absolute Gasteiger partial charge is 0.271 e. The number of hydrogen-bond donors (Lipinski definition) is 2. The van der Waals surface area contributed by atoms with Gasteiger partial charge in [-0.05, 0) is 37.4 Å². The summed E-state index contributed by atoms with van der Waals surface area (Å²) in [6.07, 6.45) is 0. The number of ether oxygens (including phenoxy) is 1. The molecule has 28 heavy (non-hydrogen) atoms. The molecule has 0 radical (unpaired) electrons. The fourth-order valence-electron chi connectivity index (χ4n) is 2.38. The van der Waals surface area contributed by atoms with Crippen LogP contribution in [0.4, 0.5) is 17.1 Å². The lowest BCUT2D eigenvalue weighted by Crippen LogP contribution is -2.36. The van der Waals surface area contributed by atoms with E-state index in [1.807, 2.05) is 0 Å². The molecule has 2 N–H and O–H groups in total. The molecular formula is C18H19ClN4O5. The maximum atomic E-state index is 12.2. The topological polar surface area (TPSA) is 114 Å². The highest BCUT2D eigenvalue weighted by atomic mass is 35.5. The third kappa shape index (κ3) is 6.22. The molecule has 0 heterocycles. The van der Waals surface area contributed by atoms with Crippen LogP contribution in [0.15, 0.2) is 42.5 Å². The minimum Gasteiger partial charge on any atom is -0.495 e. The Kier molecular flexibility index (Phi) is 7.30. The fraction of sp³-hybridized carbons (Fsp3) is 0.222. The van der Waals surface area contributed by atoms with Crippen molar-refractivity contribution in [3.8, 4) is 5.75 Å². The Morgan fingerprint density at radius 3 is 2.29 bits per heavy atom. The van der Waals surface area contributed by atoms with Crippen molar-refractivity contribution in [2.75, 3.05) is 37.9 Å². The van der Waals surface area contributed by atoms with Crippen molar-refractivity contribution in [3.63, 3.8) is 0 Å². The molecule has 10 heteroatoms. The largest absolute Gasteiger partial charge is 0.495 e. The molecule has 148 valence electrons. The van der Waals surface area contributed by atoms with E-state index in [1.165, 1.54) is 30.2 Å². The summed E-state index contributed by atoms with van der Waals surface area (Å²) >= 11 is 5.79. The van der Waals surface area contributed by atoms with Gasteiger partial charge in [-0.2, -0.15) is 0 Å². The highest BCUT2D eigenvalue weighted by molar-refractivity contribution is 6.30. The number of non-ortho nitro benzene ring substituents is 1. The number of anilines is 2. The van der Waals surface area contributed by atoms with Gasteiger partial charge in [0.05, 0.1) is 30.8 Å². The predicted molar refractivity (Wildman–Crippen MR) is 106 cm³/mol. The highest BCUT2D eigenvalue weighted by Crippen LogP contribution is 2.28. The van der Waals surface area contributed by atoms with Crippen molar-refractivity contribution in [1.82, 2.24) is 4.90 Å². The van der Waals surface area contributed by atoms with Crippen molar-refractivity contribution in [1.29, 1.82) is 0 Å². The first-order valence-electron chi connectivity index (χ1n) is 8.14. The van der Waals surface area contributed by atoms with Crippen molar-refractivity contribution in [2.24, 2.45) is 0 Å². The number of halogens is 1. The van der Waals surface area contributed by atoms with E-state index in [2.05, 4.69) is 10.6 Å². The first-order valence-corrected chi connectivity index (χ1v) is 8.52. The molecule has 2 amide bonds. The third-order valence-corrected chi connectivity index (χ3v) is 3.87. The predicted octanol–water partition coefficient (Wildman–Crippen LogP) is 2.77. The zero-order valence-electron chi connectivity index (χ0n) is 15.3. The lowest BCUT2D eigenvalue weighted by atomic mass is 10.2. The second-order valence-electron chi connectivity index (χ2n) is 5.92. The molecule has 0 fully saturated rings. The molecular weight excluding hydrogens is 388 g/mol. The van der Waals surface area contributed by atoms with Gasteiger partial charge in [0.25, 0.3) is 5.69 Å². The second-order valence-corrected chi connectivity index (χ2v) is 6.35. The zero-order valence-corrected chi connectivity index (χ0v) is 16.0. The van der Waals surface area contributed by atoms with Gasteiger partial charge in [-0.1, -0.05) is 11.6 Å². The average Bonchev–Trinajstić information content (AvgIpc) is 2.63. The van der Waals surface area contributed by atoms with E-state index in [9.17, 15) is 19.7 Å². The molecule has 0 aliphatic heterocycles. The lowest BCUT2D eigenvalue weighted by Gasteiger charge is -2.17. The highest BCUT2D eigenvalue weighted by Gasteiger charge is 2.16. The van der Waals surface area contributed by atoms with Gasteiger partial charge in [0.2, 0.25) is 11.8 Å². The monoisotopic (exact) mass is 406 g/mol. The van der Waals surface area contributed by atoms with Crippen LogP contribution in [0.3, 0.4) is 0 Å². The number of rotatable bonds is 8. The standard InChI is InChI=1S/C18H19ClN4O5/c1-22(10-17(24)20-13-5-3-12(19)4-6-13)11-18(25)21-15-9-14(23(26)27)7-8-16(15)28-2/h3-9H,10-11H2,1-2H3,(H,20,24)(H,21,25). The van der Waals surface area contributed by atoms with Crippen LogP contribution in [-0.4, -0.2) is 48.9 Å². The second kappa shape index (κ2) is 9.67. The van der Waals surface area contributed by atoms with Crippen LogP contribution in [-0.2, 0) is 9.59 Å². The molecule has 2 aromatic rings. The summed E-state index contributed by atoms with van der Waals surface area (Å²) in [5.74, 6) is -0.451. The van der Waals surface area contributed by atoms with Crippen molar-refractivity contribution in [2.45, 2.75) is 0 Å². The Morgan fingerprint density at radius 2 is 1.71 bits per heavy atom. The van der Waals surface area contributed by atoms with Crippen LogP contribution in [0.1, 0.15) is 0 Å². The van der Waals surface area contributed by atoms with Crippen LogP contribution in [0.25, 0.3) is 0 Å². The molecule has 0 spiro atoms. The minimum atomic E-state index is -0.567. The lowest BCUT2D eigenvalue weighted by molar-refractivity contribution is -0.384. The van der Waals surface area contributed by atoms with Crippen LogP contribution in [0.5, 0.6) is 5.75 Å². The first kappa shape index (κ1) is 21.1. The zero-order chi connectivity index (χ0) is 20.7. The van der Waals surface area contributed by atoms with E-state index in [1.54, 1.807) is 31.3 Å². The first-order chi connectivity index (χ1) is 13.3. The summed E-state index contributed by atoms with van der Waals surface area (Å²) in [7, 11) is 3.00. The Hall–Kier alpha value is -3.17. The van der Waals surface area contributed by atoms with E-state index in [-0.39, 0.29) is 30.4 Å². The van der Waals surface area contributed by atoms with Crippen molar-refractivity contribution in [3.05, 3.63) is 57.6 Å². The number of nitro groups is 1. The normalized spacial score (nSPS) is 10.4. The number of carbonyl (C=O) groups is 2. The number of hydrogen-bond acceptors (Lipinski definition) is 6. The van der Waals surface area contributed by atoms with E-state index < -0.39 is 10.8 Å². The van der Waals surface area contributed by atoms with E-state index in [0.717, 1.165) is 0 Å². The third-order valence-electron chi connectivity index (χ3n) is 3.62. The van der Waals surface area contributed by atoms with Crippen LogP contribution >= 0.6 is 11.6 Å². The van der Waals surface area contributed by atoms with Gasteiger partial charge in [0.1, 0.15) is 5.75 Å². The molecule has 0 unspecified atom stereocenters. The number of methoxy groups -OCH3 is 1. The van der Waals surface area contributed by atoms with Gasteiger partial charge in [-0.15, -0.1) is 0 Å².